The monoisotopic (exact) mass is 400 g/mol. The topological polar surface area (TPSA) is 69.6 Å². The number of phenols is 1. The summed E-state index contributed by atoms with van der Waals surface area (Å²) >= 11 is 0. The summed E-state index contributed by atoms with van der Waals surface area (Å²) in [6, 6.07) is 5.75. The molecule has 0 aliphatic carbocycles. The second kappa shape index (κ2) is 9.20. The summed E-state index contributed by atoms with van der Waals surface area (Å²) < 4.78 is 14.3. The van der Waals surface area contributed by atoms with Gasteiger partial charge in [-0.3, -0.25) is 4.79 Å². The highest BCUT2D eigenvalue weighted by Crippen LogP contribution is 2.24. The van der Waals surface area contributed by atoms with Gasteiger partial charge in [-0.1, -0.05) is 19.9 Å². The van der Waals surface area contributed by atoms with E-state index in [0.717, 1.165) is 31.6 Å². The third-order valence-corrected chi connectivity index (χ3v) is 4.97. The van der Waals surface area contributed by atoms with Crippen LogP contribution in [0.15, 0.2) is 24.3 Å². The standard InChI is InChI=1S/C22H29FN4O2/c1-15(2)13-27(21(29)20-18(23)8-7-9-19(20)28)14-17-12-16(3)24-22(25-17)26-10-5-4-6-11-26/h7-9,12,15,28H,4-6,10-11,13-14H2,1-3H3. The Labute approximate surface area is 171 Å². The van der Waals surface area contributed by atoms with Crippen LogP contribution < -0.4 is 4.90 Å². The highest BCUT2D eigenvalue weighted by molar-refractivity contribution is 5.97. The first-order valence-corrected chi connectivity index (χ1v) is 10.2. The van der Waals surface area contributed by atoms with Crippen LogP contribution in [0, 0.1) is 18.7 Å². The zero-order chi connectivity index (χ0) is 21.0. The molecule has 156 valence electrons. The number of halogens is 1. The molecule has 0 radical (unpaired) electrons. The number of aromatic hydroxyl groups is 1. The van der Waals surface area contributed by atoms with Crippen molar-refractivity contribution < 1.29 is 14.3 Å². The lowest BCUT2D eigenvalue weighted by Crippen LogP contribution is -2.35. The van der Waals surface area contributed by atoms with Gasteiger partial charge in [0.2, 0.25) is 5.95 Å². The average molecular weight is 400 g/mol. The van der Waals surface area contributed by atoms with E-state index in [1.165, 1.54) is 24.6 Å². The quantitative estimate of drug-likeness (QED) is 0.796. The van der Waals surface area contributed by atoms with Crippen LogP contribution in [0.2, 0.25) is 0 Å². The summed E-state index contributed by atoms with van der Waals surface area (Å²) in [6.07, 6.45) is 3.46. The Kier molecular flexibility index (Phi) is 6.67. The van der Waals surface area contributed by atoms with Gasteiger partial charge in [-0.05, 0) is 50.3 Å². The van der Waals surface area contributed by atoms with Crippen LogP contribution in [0.5, 0.6) is 5.75 Å². The maximum absolute atomic E-state index is 14.3. The van der Waals surface area contributed by atoms with Crippen LogP contribution in [0.1, 0.15) is 54.9 Å². The minimum Gasteiger partial charge on any atom is -0.507 e. The Hall–Kier alpha value is -2.70. The Balaban J connectivity index is 1.89. The van der Waals surface area contributed by atoms with E-state index in [4.69, 9.17) is 0 Å². The van der Waals surface area contributed by atoms with E-state index in [9.17, 15) is 14.3 Å². The van der Waals surface area contributed by atoms with Gasteiger partial charge >= 0.3 is 0 Å². The zero-order valence-corrected chi connectivity index (χ0v) is 17.4. The normalized spacial score (nSPS) is 14.3. The van der Waals surface area contributed by atoms with Crippen LogP contribution >= 0.6 is 0 Å². The van der Waals surface area contributed by atoms with Crippen molar-refractivity contribution in [2.24, 2.45) is 5.92 Å². The molecule has 1 N–H and O–H groups in total. The van der Waals surface area contributed by atoms with E-state index in [1.54, 1.807) is 4.90 Å². The number of rotatable bonds is 6. The molecule has 1 aromatic carbocycles. The van der Waals surface area contributed by atoms with Crippen molar-refractivity contribution in [2.75, 3.05) is 24.5 Å². The molecule has 1 aliphatic rings. The van der Waals surface area contributed by atoms with E-state index in [0.29, 0.717) is 18.2 Å². The molecule has 6 nitrogen and oxygen atoms in total. The lowest BCUT2D eigenvalue weighted by molar-refractivity contribution is 0.0712. The maximum atomic E-state index is 14.3. The number of hydrogen-bond acceptors (Lipinski definition) is 5. The van der Waals surface area contributed by atoms with Gasteiger partial charge in [-0.15, -0.1) is 0 Å². The first-order chi connectivity index (χ1) is 13.8. The van der Waals surface area contributed by atoms with Gasteiger partial charge in [0.05, 0.1) is 12.2 Å². The summed E-state index contributed by atoms with van der Waals surface area (Å²) in [4.78, 5) is 26.1. The van der Waals surface area contributed by atoms with Gasteiger partial charge in [0, 0.05) is 25.3 Å². The SMILES string of the molecule is Cc1cc(CN(CC(C)C)C(=O)c2c(O)cccc2F)nc(N2CCCCC2)n1. The largest absolute Gasteiger partial charge is 0.507 e. The fourth-order valence-electron chi connectivity index (χ4n) is 3.67. The number of benzene rings is 1. The lowest BCUT2D eigenvalue weighted by Gasteiger charge is -2.28. The number of anilines is 1. The molecule has 2 aromatic rings. The van der Waals surface area contributed by atoms with Crippen LogP contribution in [-0.2, 0) is 6.54 Å². The first kappa shape index (κ1) is 21.0. The predicted molar refractivity (Wildman–Crippen MR) is 110 cm³/mol. The van der Waals surface area contributed by atoms with Crippen LogP contribution in [0.4, 0.5) is 10.3 Å². The number of carbonyl (C=O) groups excluding carboxylic acids is 1. The number of hydrogen-bond donors (Lipinski definition) is 1. The molecule has 2 heterocycles. The molecule has 7 heteroatoms. The highest BCUT2D eigenvalue weighted by Gasteiger charge is 2.24. The van der Waals surface area contributed by atoms with Crippen molar-refractivity contribution in [3.8, 4) is 5.75 Å². The van der Waals surface area contributed by atoms with Gasteiger partial charge in [0.15, 0.2) is 0 Å². The molecular formula is C22H29FN4O2. The van der Waals surface area contributed by atoms with Crippen LogP contribution in [0.3, 0.4) is 0 Å². The Morgan fingerprint density at radius 2 is 1.97 bits per heavy atom. The first-order valence-electron chi connectivity index (χ1n) is 10.2. The number of carbonyl (C=O) groups is 1. The number of aryl methyl sites for hydroxylation is 1. The van der Waals surface area contributed by atoms with Crippen LogP contribution in [-0.4, -0.2) is 45.5 Å². The molecule has 1 amide bonds. The summed E-state index contributed by atoms with van der Waals surface area (Å²) in [6.45, 7) is 8.42. The molecule has 3 rings (SSSR count). The third-order valence-electron chi connectivity index (χ3n) is 4.97. The third kappa shape index (κ3) is 5.22. The lowest BCUT2D eigenvalue weighted by atomic mass is 10.1. The summed E-state index contributed by atoms with van der Waals surface area (Å²) in [5.41, 5.74) is 1.25. The van der Waals surface area contributed by atoms with Gasteiger partial charge in [-0.2, -0.15) is 0 Å². The van der Waals surface area contributed by atoms with Gasteiger partial charge < -0.3 is 14.9 Å². The number of nitrogens with zero attached hydrogens (tertiary/aromatic N) is 4. The number of phenolic OH excluding ortho intramolecular Hbond substituents is 1. The Bertz CT molecular complexity index is 846. The molecule has 0 atom stereocenters. The molecule has 0 spiro atoms. The van der Waals surface area contributed by atoms with E-state index < -0.39 is 11.7 Å². The minimum absolute atomic E-state index is 0.178. The molecule has 1 aliphatic heterocycles. The van der Waals surface area contributed by atoms with E-state index in [-0.39, 0.29) is 23.8 Å². The summed E-state index contributed by atoms with van der Waals surface area (Å²) in [7, 11) is 0. The molecule has 1 saturated heterocycles. The van der Waals surface area contributed by atoms with Gasteiger partial charge in [0.1, 0.15) is 17.1 Å². The van der Waals surface area contributed by atoms with E-state index in [1.807, 2.05) is 26.8 Å². The van der Waals surface area contributed by atoms with Gasteiger partial charge in [-0.25, -0.2) is 14.4 Å². The maximum Gasteiger partial charge on any atom is 0.260 e. The Morgan fingerprint density at radius 3 is 2.62 bits per heavy atom. The fourth-order valence-corrected chi connectivity index (χ4v) is 3.67. The highest BCUT2D eigenvalue weighted by atomic mass is 19.1. The number of piperidine rings is 1. The fraction of sp³-hybridized carbons (Fsp3) is 0.500. The molecule has 0 bridgehead atoms. The molecule has 1 fully saturated rings. The zero-order valence-electron chi connectivity index (χ0n) is 17.4. The molecule has 1 aromatic heterocycles. The van der Waals surface area contributed by atoms with Crippen molar-refractivity contribution in [2.45, 2.75) is 46.6 Å². The molecule has 0 saturated carbocycles. The second-order valence-corrected chi connectivity index (χ2v) is 8.06. The van der Waals surface area contributed by atoms with E-state index in [2.05, 4.69) is 14.9 Å². The van der Waals surface area contributed by atoms with Crippen molar-refractivity contribution in [3.63, 3.8) is 0 Å². The van der Waals surface area contributed by atoms with Crippen LogP contribution in [0.25, 0.3) is 0 Å². The van der Waals surface area contributed by atoms with Crippen molar-refractivity contribution in [1.82, 2.24) is 14.9 Å². The number of amides is 1. The smallest absolute Gasteiger partial charge is 0.260 e. The number of aromatic nitrogens is 2. The summed E-state index contributed by atoms with van der Waals surface area (Å²) in [5, 5.41) is 10.0. The predicted octanol–water partition coefficient (Wildman–Crippen LogP) is 3.92. The molecule has 29 heavy (non-hydrogen) atoms. The second-order valence-electron chi connectivity index (χ2n) is 8.06. The average Bonchev–Trinajstić information content (AvgIpc) is 2.67. The van der Waals surface area contributed by atoms with Gasteiger partial charge in [0.25, 0.3) is 5.91 Å². The Morgan fingerprint density at radius 1 is 1.24 bits per heavy atom. The minimum atomic E-state index is -0.725. The summed E-state index contributed by atoms with van der Waals surface area (Å²) in [5.74, 6) is -0.749. The van der Waals surface area contributed by atoms with E-state index >= 15 is 0 Å². The van der Waals surface area contributed by atoms with Crippen molar-refractivity contribution in [1.29, 1.82) is 0 Å². The van der Waals surface area contributed by atoms with Crippen molar-refractivity contribution >= 4 is 11.9 Å². The molecular weight excluding hydrogens is 371 g/mol. The molecule has 0 unspecified atom stereocenters. The van der Waals surface area contributed by atoms with Crippen molar-refractivity contribution in [3.05, 3.63) is 47.0 Å².